The van der Waals surface area contributed by atoms with E-state index in [-0.39, 0.29) is 0 Å². The topological polar surface area (TPSA) is 25.4 Å². The van der Waals surface area contributed by atoms with E-state index in [2.05, 4.69) is 48.7 Å². The summed E-state index contributed by atoms with van der Waals surface area (Å²) in [4.78, 5) is 7.83. The highest BCUT2D eigenvalue weighted by Crippen LogP contribution is 2.45. The summed E-state index contributed by atoms with van der Waals surface area (Å²) in [5, 5.41) is 0. The van der Waals surface area contributed by atoms with Crippen LogP contribution in [0.3, 0.4) is 0 Å². The molecule has 154 valence electrons. The molecule has 29 heavy (non-hydrogen) atoms. The zero-order valence-corrected chi connectivity index (χ0v) is 18.0. The smallest absolute Gasteiger partial charge is 0.132 e. The summed E-state index contributed by atoms with van der Waals surface area (Å²) in [6.45, 7) is 11.4. The Bertz CT molecular complexity index is 853. The molecular formula is C26H34N2O. The highest BCUT2D eigenvalue weighted by atomic mass is 16.5. The first kappa shape index (κ1) is 20.0. The second-order valence-corrected chi connectivity index (χ2v) is 8.29. The summed E-state index contributed by atoms with van der Waals surface area (Å²) < 4.78 is 6.02. The fourth-order valence-corrected chi connectivity index (χ4v) is 5.11. The van der Waals surface area contributed by atoms with Crippen molar-refractivity contribution in [1.82, 2.24) is 4.98 Å². The van der Waals surface area contributed by atoms with Crippen LogP contribution in [-0.4, -0.2) is 24.7 Å². The molecule has 0 spiro atoms. The van der Waals surface area contributed by atoms with Gasteiger partial charge < -0.3 is 9.64 Å². The zero-order chi connectivity index (χ0) is 20.2. The molecule has 1 fully saturated rings. The van der Waals surface area contributed by atoms with Gasteiger partial charge in [0.05, 0.1) is 12.3 Å². The molecule has 0 atom stereocenters. The van der Waals surface area contributed by atoms with Gasteiger partial charge >= 0.3 is 0 Å². The van der Waals surface area contributed by atoms with Crippen molar-refractivity contribution in [3.05, 3.63) is 53.7 Å². The van der Waals surface area contributed by atoms with Crippen LogP contribution in [-0.2, 0) is 11.2 Å². The molecular weight excluding hydrogens is 356 g/mol. The summed E-state index contributed by atoms with van der Waals surface area (Å²) in [5.41, 5.74) is 6.34. The molecule has 2 heterocycles. The summed E-state index contributed by atoms with van der Waals surface area (Å²) in [7, 11) is 0. The standard InChI is InChI=1S/C26H34N2O/c1-4-28-18-12-17-22-24(20-13-8-6-9-14-20)23(19(3)29-5-2)25(27-26(22)28)21-15-10-7-11-16-21/h6,8-9,13-14,21H,3-5,7,10-12,15-18H2,1-2H3. The number of ether oxygens (including phenoxy) is 1. The molecule has 1 saturated carbocycles. The van der Waals surface area contributed by atoms with E-state index in [1.807, 2.05) is 6.92 Å². The van der Waals surface area contributed by atoms with Crippen molar-refractivity contribution in [2.24, 2.45) is 0 Å². The average Bonchev–Trinajstić information content (AvgIpc) is 2.78. The van der Waals surface area contributed by atoms with E-state index in [9.17, 15) is 0 Å². The maximum Gasteiger partial charge on any atom is 0.132 e. The van der Waals surface area contributed by atoms with Crippen LogP contribution >= 0.6 is 0 Å². The lowest BCUT2D eigenvalue weighted by Gasteiger charge is -2.34. The second-order valence-electron chi connectivity index (χ2n) is 8.29. The van der Waals surface area contributed by atoms with Gasteiger partial charge in [0.1, 0.15) is 11.6 Å². The fourth-order valence-electron chi connectivity index (χ4n) is 5.11. The van der Waals surface area contributed by atoms with Crippen molar-refractivity contribution < 1.29 is 4.74 Å². The van der Waals surface area contributed by atoms with Crippen LogP contribution in [0.4, 0.5) is 5.82 Å². The Morgan fingerprint density at radius 3 is 2.55 bits per heavy atom. The van der Waals surface area contributed by atoms with Gasteiger partial charge in [-0.3, -0.25) is 0 Å². The van der Waals surface area contributed by atoms with Crippen molar-refractivity contribution in [1.29, 1.82) is 0 Å². The number of rotatable bonds is 6. The van der Waals surface area contributed by atoms with Crippen LogP contribution in [0.15, 0.2) is 36.9 Å². The highest BCUT2D eigenvalue weighted by Gasteiger charge is 2.31. The third-order valence-electron chi connectivity index (χ3n) is 6.49. The van der Waals surface area contributed by atoms with Crippen molar-refractivity contribution in [2.45, 2.75) is 64.7 Å². The van der Waals surface area contributed by atoms with Crippen molar-refractivity contribution in [3.63, 3.8) is 0 Å². The number of nitrogens with zero attached hydrogens (tertiary/aromatic N) is 2. The van der Waals surface area contributed by atoms with Gasteiger partial charge in [-0.25, -0.2) is 4.98 Å². The van der Waals surface area contributed by atoms with Crippen LogP contribution in [0.2, 0.25) is 0 Å². The number of hydrogen-bond acceptors (Lipinski definition) is 3. The molecule has 0 bridgehead atoms. The Morgan fingerprint density at radius 1 is 1.10 bits per heavy atom. The maximum absolute atomic E-state index is 6.02. The van der Waals surface area contributed by atoms with E-state index >= 15 is 0 Å². The fraction of sp³-hybridized carbons (Fsp3) is 0.500. The van der Waals surface area contributed by atoms with E-state index in [0.29, 0.717) is 12.5 Å². The van der Waals surface area contributed by atoms with Gasteiger partial charge in [0.2, 0.25) is 0 Å². The van der Waals surface area contributed by atoms with Crippen molar-refractivity contribution in [3.8, 4) is 11.1 Å². The van der Waals surface area contributed by atoms with Gasteiger partial charge in [-0.1, -0.05) is 56.2 Å². The second kappa shape index (κ2) is 9.02. The van der Waals surface area contributed by atoms with Crippen LogP contribution in [0.1, 0.15) is 75.1 Å². The lowest BCUT2D eigenvalue weighted by atomic mass is 9.81. The number of anilines is 1. The molecule has 0 N–H and O–H groups in total. The minimum atomic E-state index is 0.504. The third-order valence-corrected chi connectivity index (χ3v) is 6.49. The highest BCUT2D eigenvalue weighted by molar-refractivity contribution is 5.85. The molecule has 3 heteroatoms. The van der Waals surface area contributed by atoms with Gasteiger partial charge in [-0.15, -0.1) is 0 Å². The first-order valence-electron chi connectivity index (χ1n) is 11.4. The predicted molar refractivity (Wildman–Crippen MR) is 122 cm³/mol. The minimum absolute atomic E-state index is 0.504. The van der Waals surface area contributed by atoms with Gasteiger partial charge in [-0.2, -0.15) is 0 Å². The van der Waals surface area contributed by atoms with Gasteiger partial charge in [0.25, 0.3) is 0 Å². The zero-order valence-electron chi connectivity index (χ0n) is 18.0. The summed E-state index contributed by atoms with van der Waals surface area (Å²) >= 11 is 0. The molecule has 2 aliphatic rings. The average molecular weight is 391 g/mol. The number of benzene rings is 1. The molecule has 3 nitrogen and oxygen atoms in total. The minimum Gasteiger partial charge on any atom is -0.494 e. The normalized spacial score (nSPS) is 17.1. The Morgan fingerprint density at radius 2 is 1.86 bits per heavy atom. The lowest BCUT2D eigenvalue weighted by molar-refractivity contribution is 0.298. The molecule has 4 rings (SSSR count). The molecule has 0 saturated heterocycles. The largest absolute Gasteiger partial charge is 0.494 e. The van der Waals surface area contributed by atoms with Gasteiger partial charge in [0.15, 0.2) is 0 Å². The van der Waals surface area contributed by atoms with E-state index < -0.39 is 0 Å². The lowest BCUT2D eigenvalue weighted by Crippen LogP contribution is -2.31. The molecule has 0 unspecified atom stereocenters. The number of pyridine rings is 1. The molecule has 1 aromatic carbocycles. The van der Waals surface area contributed by atoms with Crippen LogP contribution < -0.4 is 4.90 Å². The number of fused-ring (bicyclic) bond motifs is 1. The Labute approximate surface area is 175 Å². The molecule has 2 aromatic rings. The number of aromatic nitrogens is 1. The molecule has 0 radical (unpaired) electrons. The predicted octanol–water partition coefficient (Wildman–Crippen LogP) is 6.58. The first-order valence-corrected chi connectivity index (χ1v) is 11.4. The van der Waals surface area contributed by atoms with Gasteiger partial charge in [-0.05, 0) is 45.1 Å². The summed E-state index contributed by atoms with van der Waals surface area (Å²) in [5.74, 6) is 2.49. The Hall–Kier alpha value is -2.29. The third kappa shape index (κ3) is 3.92. The quantitative estimate of drug-likeness (QED) is 0.521. The first-order chi connectivity index (χ1) is 14.2. The van der Waals surface area contributed by atoms with Crippen LogP contribution in [0.5, 0.6) is 0 Å². The van der Waals surface area contributed by atoms with Gasteiger partial charge in [0, 0.05) is 35.7 Å². The molecule has 1 aromatic heterocycles. The SMILES string of the molecule is C=C(OCC)c1c(C2CCCCC2)nc2c(c1-c1ccccc1)CCCN2CC. The Kier molecular flexibility index (Phi) is 6.22. The van der Waals surface area contributed by atoms with E-state index in [4.69, 9.17) is 9.72 Å². The van der Waals surface area contributed by atoms with Crippen LogP contribution in [0.25, 0.3) is 16.9 Å². The molecule has 1 aliphatic carbocycles. The van der Waals surface area contributed by atoms with Crippen molar-refractivity contribution in [2.75, 3.05) is 24.6 Å². The summed E-state index contributed by atoms with van der Waals surface area (Å²) in [6, 6.07) is 10.8. The monoisotopic (exact) mass is 390 g/mol. The molecule has 0 amide bonds. The number of hydrogen-bond donors (Lipinski definition) is 0. The molecule has 1 aliphatic heterocycles. The van der Waals surface area contributed by atoms with E-state index in [1.165, 1.54) is 72.3 Å². The maximum atomic E-state index is 6.02. The van der Waals surface area contributed by atoms with Crippen LogP contribution in [0, 0.1) is 0 Å². The Balaban J connectivity index is 2.00. The summed E-state index contributed by atoms with van der Waals surface area (Å²) in [6.07, 6.45) is 8.61. The van der Waals surface area contributed by atoms with E-state index in [0.717, 1.165) is 25.3 Å². The van der Waals surface area contributed by atoms with E-state index in [1.54, 1.807) is 0 Å². The van der Waals surface area contributed by atoms with Crippen molar-refractivity contribution >= 4 is 11.6 Å².